The van der Waals surface area contributed by atoms with Gasteiger partial charge in [0.15, 0.2) is 0 Å². The lowest BCUT2D eigenvalue weighted by atomic mass is 10.2. The van der Waals surface area contributed by atoms with Crippen molar-refractivity contribution in [3.05, 3.63) is 41.5 Å². The fourth-order valence-corrected chi connectivity index (χ4v) is 1.43. The van der Waals surface area contributed by atoms with Gasteiger partial charge in [-0.15, -0.1) is 0 Å². The first-order valence-electron chi connectivity index (χ1n) is 4.39. The zero-order valence-electron chi connectivity index (χ0n) is 7.38. The molecule has 1 saturated carbocycles. The molecule has 0 aromatic heterocycles. The molecule has 1 aliphatic rings. The van der Waals surface area contributed by atoms with E-state index in [9.17, 15) is 13.2 Å². The summed E-state index contributed by atoms with van der Waals surface area (Å²) in [6.45, 7) is 0. The van der Waals surface area contributed by atoms with Gasteiger partial charge >= 0.3 is 6.18 Å². The Labute approximate surface area is 80.1 Å². The summed E-state index contributed by atoms with van der Waals surface area (Å²) in [6.07, 6.45) is -2.27. The Hall–Kier alpha value is -1.25. The van der Waals surface area contributed by atoms with Gasteiger partial charge in [0.25, 0.3) is 0 Å². The molecule has 1 aromatic rings. The van der Waals surface area contributed by atoms with Crippen LogP contribution < -0.4 is 0 Å². The minimum atomic E-state index is -4.05. The molecule has 1 aromatic carbocycles. The molecule has 1 aliphatic carbocycles. The zero-order valence-corrected chi connectivity index (χ0v) is 7.38. The molecule has 0 amide bonds. The normalized spacial score (nSPS) is 23.9. The lowest BCUT2D eigenvalue weighted by molar-refractivity contribution is -0.143. The van der Waals surface area contributed by atoms with E-state index in [1.807, 2.05) is 18.2 Å². The first-order valence-corrected chi connectivity index (χ1v) is 4.39. The quantitative estimate of drug-likeness (QED) is 0.646. The Morgan fingerprint density at radius 2 is 1.79 bits per heavy atom. The Bertz CT molecular complexity index is 349. The molecule has 0 spiro atoms. The van der Waals surface area contributed by atoms with Crippen LogP contribution in [0.15, 0.2) is 35.9 Å². The largest absolute Gasteiger partial charge is 0.395 e. The van der Waals surface area contributed by atoms with Crippen LogP contribution in [0.3, 0.4) is 0 Å². The van der Waals surface area contributed by atoms with Crippen LogP contribution in [0.25, 0.3) is 6.08 Å². The highest BCUT2D eigenvalue weighted by Gasteiger charge is 2.51. The second kappa shape index (κ2) is 3.15. The van der Waals surface area contributed by atoms with Crippen LogP contribution in [0.4, 0.5) is 13.2 Å². The third-order valence-corrected chi connectivity index (χ3v) is 2.27. The molecule has 3 heteroatoms. The number of alkyl halides is 3. The van der Waals surface area contributed by atoms with E-state index in [1.165, 1.54) is 0 Å². The molecular weight excluding hydrogens is 189 g/mol. The van der Waals surface area contributed by atoms with Crippen molar-refractivity contribution >= 4 is 6.08 Å². The molecule has 0 aliphatic heterocycles. The minimum Gasteiger partial charge on any atom is -0.170 e. The van der Waals surface area contributed by atoms with Crippen LogP contribution in [0.1, 0.15) is 12.0 Å². The van der Waals surface area contributed by atoms with E-state index < -0.39 is 12.1 Å². The van der Waals surface area contributed by atoms with Crippen LogP contribution in [0.2, 0.25) is 0 Å². The van der Waals surface area contributed by atoms with Crippen LogP contribution in [0.5, 0.6) is 0 Å². The summed E-state index contributed by atoms with van der Waals surface area (Å²) >= 11 is 0. The van der Waals surface area contributed by atoms with E-state index >= 15 is 0 Å². The molecule has 14 heavy (non-hydrogen) atoms. The average Bonchev–Trinajstić information content (AvgIpc) is 2.85. The summed E-state index contributed by atoms with van der Waals surface area (Å²) in [5, 5.41) is 0. The van der Waals surface area contributed by atoms with E-state index in [0.29, 0.717) is 5.57 Å². The third-order valence-electron chi connectivity index (χ3n) is 2.27. The molecule has 0 N–H and O–H groups in total. The topological polar surface area (TPSA) is 0 Å². The standard InChI is InChI=1S/C11H9F3/c12-11(13,14)10-7-9(10)6-8-4-2-1-3-5-8/h1-6,10H,7H2/b9-6+/t10-/m1/s1. The molecule has 0 saturated heterocycles. The molecule has 74 valence electrons. The van der Waals surface area contributed by atoms with Gasteiger partial charge in [0.2, 0.25) is 0 Å². The number of allylic oxidation sites excluding steroid dienone is 1. The van der Waals surface area contributed by atoms with E-state index in [1.54, 1.807) is 18.2 Å². The van der Waals surface area contributed by atoms with E-state index in [-0.39, 0.29) is 6.42 Å². The summed E-state index contributed by atoms with van der Waals surface area (Å²) in [5.74, 6) is -1.19. The lowest BCUT2D eigenvalue weighted by Crippen LogP contribution is -2.09. The van der Waals surface area contributed by atoms with Gasteiger partial charge in [-0.05, 0) is 12.0 Å². The van der Waals surface area contributed by atoms with Crippen molar-refractivity contribution in [3.8, 4) is 0 Å². The number of halogens is 3. The highest BCUT2D eigenvalue weighted by Crippen LogP contribution is 2.50. The molecule has 2 rings (SSSR count). The van der Waals surface area contributed by atoms with Crippen LogP contribution in [-0.2, 0) is 0 Å². The number of rotatable bonds is 1. The number of benzene rings is 1. The van der Waals surface area contributed by atoms with Gasteiger partial charge in [-0.2, -0.15) is 13.2 Å². The Morgan fingerprint density at radius 1 is 1.14 bits per heavy atom. The summed E-state index contributed by atoms with van der Waals surface area (Å²) < 4.78 is 36.5. The predicted molar refractivity (Wildman–Crippen MR) is 48.6 cm³/mol. The van der Waals surface area contributed by atoms with Gasteiger partial charge < -0.3 is 0 Å². The smallest absolute Gasteiger partial charge is 0.170 e. The van der Waals surface area contributed by atoms with Crippen LogP contribution in [0, 0.1) is 5.92 Å². The van der Waals surface area contributed by atoms with Gasteiger partial charge in [-0.1, -0.05) is 42.0 Å². The van der Waals surface area contributed by atoms with E-state index in [4.69, 9.17) is 0 Å². The molecule has 0 bridgehead atoms. The summed E-state index contributed by atoms with van der Waals surface area (Å²) in [6, 6.07) is 9.09. The van der Waals surface area contributed by atoms with Gasteiger partial charge in [0, 0.05) is 0 Å². The zero-order chi connectivity index (χ0) is 10.2. The molecule has 0 heterocycles. The minimum absolute atomic E-state index is 0.165. The van der Waals surface area contributed by atoms with Crippen molar-refractivity contribution in [2.75, 3.05) is 0 Å². The van der Waals surface area contributed by atoms with Gasteiger partial charge in [-0.25, -0.2) is 0 Å². The Kier molecular flexibility index (Phi) is 2.10. The van der Waals surface area contributed by atoms with Crippen molar-refractivity contribution in [2.24, 2.45) is 5.92 Å². The number of hydrogen-bond donors (Lipinski definition) is 0. The van der Waals surface area contributed by atoms with Crippen molar-refractivity contribution in [3.63, 3.8) is 0 Å². The first kappa shape index (κ1) is 9.31. The van der Waals surface area contributed by atoms with Gasteiger partial charge in [0.05, 0.1) is 5.92 Å². The van der Waals surface area contributed by atoms with Crippen molar-refractivity contribution in [1.82, 2.24) is 0 Å². The highest BCUT2D eigenvalue weighted by atomic mass is 19.4. The van der Waals surface area contributed by atoms with Crippen LogP contribution >= 0.6 is 0 Å². The summed E-state index contributed by atoms with van der Waals surface area (Å²) in [5.41, 5.74) is 1.33. The SMILES string of the molecule is FC(F)(F)[C@@H]1C/C1=C\c1ccccc1. The Balaban J connectivity index is 2.10. The monoisotopic (exact) mass is 198 g/mol. The highest BCUT2D eigenvalue weighted by molar-refractivity contribution is 5.57. The first-order chi connectivity index (χ1) is 6.57. The second-order valence-corrected chi connectivity index (χ2v) is 3.43. The Morgan fingerprint density at radius 3 is 2.29 bits per heavy atom. The molecule has 0 radical (unpaired) electrons. The third kappa shape index (κ3) is 1.97. The van der Waals surface area contributed by atoms with Gasteiger partial charge in [0.1, 0.15) is 0 Å². The maximum atomic E-state index is 12.2. The summed E-state index contributed by atoms with van der Waals surface area (Å²) in [7, 11) is 0. The maximum absolute atomic E-state index is 12.2. The lowest BCUT2D eigenvalue weighted by Gasteiger charge is -2.00. The van der Waals surface area contributed by atoms with Crippen molar-refractivity contribution in [2.45, 2.75) is 12.6 Å². The molecule has 0 nitrogen and oxygen atoms in total. The maximum Gasteiger partial charge on any atom is 0.395 e. The van der Waals surface area contributed by atoms with Gasteiger partial charge in [-0.3, -0.25) is 0 Å². The molecule has 1 atom stereocenters. The molecular formula is C11H9F3. The van der Waals surface area contributed by atoms with Crippen molar-refractivity contribution < 1.29 is 13.2 Å². The van der Waals surface area contributed by atoms with E-state index in [0.717, 1.165) is 5.56 Å². The van der Waals surface area contributed by atoms with E-state index in [2.05, 4.69) is 0 Å². The van der Waals surface area contributed by atoms with Crippen molar-refractivity contribution in [1.29, 1.82) is 0 Å². The molecule has 1 fully saturated rings. The molecule has 0 unspecified atom stereocenters. The predicted octanol–water partition coefficient (Wildman–Crippen LogP) is 3.65. The number of hydrogen-bond acceptors (Lipinski definition) is 0. The average molecular weight is 198 g/mol. The second-order valence-electron chi connectivity index (χ2n) is 3.43. The fourth-order valence-electron chi connectivity index (χ4n) is 1.43. The fraction of sp³-hybridized carbons (Fsp3) is 0.273. The van der Waals surface area contributed by atoms with Crippen LogP contribution in [-0.4, -0.2) is 6.18 Å². The summed E-state index contributed by atoms with van der Waals surface area (Å²) in [4.78, 5) is 0.